The van der Waals surface area contributed by atoms with E-state index >= 15 is 0 Å². The summed E-state index contributed by atoms with van der Waals surface area (Å²) in [5.41, 5.74) is -0.130. The Morgan fingerprint density at radius 3 is 2.40 bits per heavy atom. The Kier molecular flexibility index (Phi) is 4.08. The van der Waals surface area contributed by atoms with E-state index in [9.17, 15) is 4.79 Å². The molecular weight excluding hydrogens is 262 g/mol. The fourth-order valence-electron chi connectivity index (χ4n) is 0.997. The zero-order valence-corrected chi connectivity index (χ0v) is 9.95. The van der Waals surface area contributed by atoms with Crippen molar-refractivity contribution in [1.82, 2.24) is 0 Å². The number of benzene rings is 1. The van der Waals surface area contributed by atoms with Crippen molar-refractivity contribution in [2.45, 2.75) is 6.92 Å². The van der Waals surface area contributed by atoms with Gasteiger partial charge in [-0.2, -0.15) is 0 Å². The fourth-order valence-corrected chi connectivity index (χ4v) is 1.67. The molecule has 0 aliphatic rings. The summed E-state index contributed by atoms with van der Waals surface area (Å²) in [6, 6.07) is 1.25. The van der Waals surface area contributed by atoms with E-state index in [4.69, 9.17) is 44.6 Å². The van der Waals surface area contributed by atoms with Crippen molar-refractivity contribution in [3.8, 4) is 5.75 Å². The van der Waals surface area contributed by atoms with Gasteiger partial charge in [-0.1, -0.05) is 34.8 Å². The molecule has 1 aromatic carbocycles. The molecule has 0 radical (unpaired) electrons. The third-order valence-electron chi connectivity index (χ3n) is 1.64. The molecule has 6 heteroatoms. The van der Waals surface area contributed by atoms with Gasteiger partial charge in [0.2, 0.25) is 0 Å². The maximum absolute atomic E-state index is 10.8. The second-order valence-electron chi connectivity index (χ2n) is 2.60. The van der Waals surface area contributed by atoms with Gasteiger partial charge in [-0.25, -0.2) is 4.79 Å². The second-order valence-corrected chi connectivity index (χ2v) is 3.74. The van der Waals surface area contributed by atoms with Gasteiger partial charge in [0.25, 0.3) is 0 Å². The lowest BCUT2D eigenvalue weighted by Crippen LogP contribution is -2.01. The summed E-state index contributed by atoms with van der Waals surface area (Å²) in [6.07, 6.45) is 0. The third kappa shape index (κ3) is 2.48. The van der Waals surface area contributed by atoms with Crippen molar-refractivity contribution in [3.05, 3.63) is 26.7 Å². The van der Waals surface area contributed by atoms with Crippen LogP contribution in [0.3, 0.4) is 0 Å². The van der Waals surface area contributed by atoms with Gasteiger partial charge in [-0.3, -0.25) is 0 Å². The lowest BCUT2D eigenvalue weighted by atomic mass is 10.2. The number of aromatic carboxylic acids is 1. The molecule has 1 rings (SSSR count). The summed E-state index contributed by atoms with van der Waals surface area (Å²) in [6.45, 7) is 2.11. The number of hydrogen-bond donors (Lipinski definition) is 1. The van der Waals surface area contributed by atoms with E-state index in [1.165, 1.54) is 6.07 Å². The highest BCUT2D eigenvalue weighted by molar-refractivity contribution is 6.49. The van der Waals surface area contributed by atoms with Crippen molar-refractivity contribution in [1.29, 1.82) is 0 Å². The number of ether oxygens (including phenoxy) is 1. The van der Waals surface area contributed by atoms with Crippen LogP contribution in [0.25, 0.3) is 0 Å². The molecule has 1 aromatic rings. The summed E-state index contributed by atoms with van der Waals surface area (Å²) in [5.74, 6) is -0.967. The van der Waals surface area contributed by atoms with Crippen LogP contribution in [0.2, 0.25) is 15.1 Å². The van der Waals surface area contributed by atoms with Crippen LogP contribution in [-0.2, 0) is 0 Å². The molecule has 3 nitrogen and oxygen atoms in total. The van der Waals surface area contributed by atoms with Crippen molar-refractivity contribution in [2.24, 2.45) is 0 Å². The van der Waals surface area contributed by atoms with Gasteiger partial charge < -0.3 is 9.84 Å². The Morgan fingerprint density at radius 2 is 1.93 bits per heavy atom. The average molecular weight is 270 g/mol. The highest BCUT2D eigenvalue weighted by Gasteiger charge is 2.18. The third-order valence-corrected chi connectivity index (χ3v) is 2.98. The minimum atomic E-state index is -1.18. The van der Waals surface area contributed by atoms with E-state index in [0.717, 1.165) is 0 Å². The first-order valence-corrected chi connectivity index (χ1v) is 5.16. The predicted molar refractivity (Wildman–Crippen MR) is 59.6 cm³/mol. The predicted octanol–water partition coefficient (Wildman–Crippen LogP) is 3.74. The summed E-state index contributed by atoms with van der Waals surface area (Å²) >= 11 is 17.3. The lowest BCUT2D eigenvalue weighted by Gasteiger charge is -2.10. The maximum atomic E-state index is 10.8. The Labute approximate surface area is 102 Å². The van der Waals surface area contributed by atoms with Gasteiger partial charge in [0, 0.05) is 0 Å². The number of carboxylic acids is 1. The molecule has 0 aliphatic heterocycles. The molecule has 0 aliphatic carbocycles. The smallest absolute Gasteiger partial charge is 0.337 e. The van der Waals surface area contributed by atoms with Crippen molar-refractivity contribution in [2.75, 3.05) is 6.61 Å². The minimum absolute atomic E-state index is 0.0123. The molecular formula is C9H7Cl3O3. The number of hydrogen-bond acceptors (Lipinski definition) is 2. The molecule has 0 unspecified atom stereocenters. The molecule has 1 N–H and O–H groups in total. The molecule has 0 heterocycles. The van der Waals surface area contributed by atoms with Gasteiger partial charge in [0.05, 0.1) is 22.2 Å². The quantitative estimate of drug-likeness (QED) is 0.850. The largest absolute Gasteiger partial charge is 0.492 e. The van der Waals surface area contributed by atoms with E-state index in [1.807, 2.05) is 0 Å². The molecule has 0 fully saturated rings. The van der Waals surface area contributed by atoms with Gasteiger partial charge in [0.1, 0.15) is 10.8 Å². The van der Waals surface area contributed by atoms with Crippen molar-refractivity contribution in [3.63, 3.8) is 0 Å². The van der Waals surface area contributed by atoms with Crippen LogP contribution in [-0.4, -0.2) is 17.7 Å². The SMILES string of the molecule is CCOc1cc(C(=O)O)c(Cl)c(Cl)c1Cl. The second kappa shape index (κ2) is 4.92. The molecule has 82 valence electrons. The van der Waals surface area contributed by atoms with Gasteiger partial charge in [-0.05, 0) is 13.0 Å². The molecule has 0 bridgehead atoms. The van der Waals surface area contributed by atoms with E-state index in [-0.39, 0.29) is 26.4 Å². The van der Waals surface area contributed by atoms with Gasteiger partial charge in [0.15, 0.2) is 0 Å². The van der Waals surface area contributed by atoms with Gasteiger partial charge >= 0.3 is 5.97 Å². The zero-order valence-electron chi connectivity index (χ0n) is 7.68. The number of rotatable bonds is 3. The molecule has 0 saturated heterocycles. The Balaban J connectivity index is 3.38. The first-order valence-electron chi connectivity index (χ1n) is 4.02. The Hall–Kier alpha value is -0.640. The summed E-state index contributed by atoms with van der Waals surface area (Å²) < 4.78 is 5.12. The summed E-state index contributed by atoms with van der Waals surface area (Å²) in [4.78, 5) is 10.8. The van der Waals surface area contributed by atoms with E-state index in [1.54, 1.807) is 6.92 Å². The zero-order chi connectivity index (χ0) is 11.6. The highest BCUT2D eigenvalue weighted by Crippen LogP contribution is 2.39. The first-order chi connectivity index (χ1) is 6.99. The normalized spacial score (nSPS) is 10.1. The Bertz CT molecular complexity index is 404. The van der Waals surface area contributed by atoms with Crippen LogP contribution >= 0.6 is 34.8 Å². The molecule has 0 saturated carbocycles. The lowest BCUT2D eigenvalue weighted by molar-refractivity contribution is 0.0696. The topological polar surface area (TPSA) is 46.5 Å². The van der Waals surface area contributed by atoms with Crippen molar-refractivity contribution < 1.29 is 14.6 Å². The maximum Gasteiger partial charge on any atom is 0.337 e. The van der Waals surface area contributed by atoms with Crippen LogP contribution in [0.4, 0.5) is 0 Å². The van der Waals surface area contributed by atoms with Crippen LogP contribution < -0.4 is 4.74 Å². The molecule has 0 spiro atoms. The number of halogens is 3. The number of carboxylic acid groups (broad SMARTS) is 1. The van der Waals surface area contributed by atoms with Crippen LogP contribution in [0.5, 0.6) is 5.75 Å². The Morgan fingerprint density at radius 1 is 1.33 bits per heavy atom. The van der Waals surface area contributed by atoms with Gasteiger partial charge in [-0.15, -0.1) is 0 Å². The van der Waals surface area contributed by atoms with E-state index < -0.39 is 5.97 Å². The van der Waals surface area contributed by atoms with E-state index in [2.05, 4.69) is 0 Å². The van der Waals surface area contributed by atoms with Crippen LogP contribution in [0.15, 0.2) is 6.07 Å². The highest BCUT2D eigenvalue weighted by atomic mass is 35.5. The molecule has 15 heavy (non-hydrogen) atoms. The molecule has 0 amide bonds. The fraction of sp³-hybridized carbons (Fsp3) is 0.222. The standard InChI is InChI=1S/C9H7Cl3O3/c1-2-15-5-3-4(9(13)14)6(10)8(12)7(5)11/h3H,2H2,1H3,(H,13,14). The summed E-state index contributed by atoms with van der Waals surface area (Å²) in [5, 5.41) is 8.85. The van der Waals surface area contributed by atoms with Crippen LogP contribution in [0.1, 0.15) is 17.3 Å². The average Bonchev–Trinajstić information content (AvgIpc) is 2.18. The van der Waals surface area contributed by atoms with E-state index in [0.29, 0.717) is 6.61 Å². The van der Waals surface area contributed by atoms with Crippen molar-refractivity contribution >= 4 is 40.8 Å². The minimum Gasteiger partial charge on any atom is -0.492 e. The monoisotopic (exact) mass is 268 g/mol. The first kappa shape index (κ1) is 12.4. The summed E-state index contributed by atoms with van der Waals surface area (Å²) in [7, 11) is 0. The molecule has 0 atom stereocenters. The molecule has 0 aromatic heterocycles. The van der Waals surface area contributed by atoms with Crippen LogP contribution in [0, 0.1) is 0 Å². The number of carbonyl (C=O) groups is 1.